The average molecular weight is 581 g/mol. The first-order valence-electron chi connectivity index (χ1n) is 14.1. The van der Waals surface area contributed by atoms with Gasteiger partial charge in [0.1, 0.15) is 0 Å². The van der Waals surface area contributed by atoms with E-state index in [1.165, 1.54) is 6.92 Å². The molecule has 3 N–H and O–H groups in total. The smallest absolute Gasteiger partial charge is 0.224 e. The lowest BCUT2D eigenvalue weighted by molar-refractivity contribution is -0.268. The van der Waals surface area contributed by atoms with E-state index < -0.39 is 6.29 Å². The van der Waals surface area contributed by atoms with Crippen LogP contribution in [0.5, 0.6) is 0 Å². The highest BCUT2D eigenvalue weighted by atomic mass is 32.2. The molecule has 9 nitrogen and oxygen atoms in total. The van der Waals surface area contributed by atoms with Crippen molar-refractivity contribution in [3.63, 3.8) is 0 Å². The zero-order valence-electron chi connectivity index (χ0n) is 23.9. The standard InChI is InChI=1S/C31H40N4O5S/c1-21-27(20-41-31-33-16-17-35(31)3)39-30(40-29(21)24-13-11-23(19-36)12-14-24)25-8-7-9-26(18-25)34-28(38)10-5-4-6-15-32-22(2)37/h7-9,11-14,16-18,21,27,29-30,36H,4-6,10,15,19-20H2,1-3H3,(H,32,37)(H,34,38)/t21-,27+,29+,30+/m1/s1. The molecular formula is C31H40N4O5S. The Morgan fingerprint density at radius 2 is 1.88 bits per heavy atom. The van der Waals surface area contributed by atoms with E-state index in [0.29, 0.717) is 24.4 Å². The Hall–Kier alpha value is -3.18. The largest absolute Gasteiger partial charge is 0.392 e. The Labute approximate surface area is 246 Å². The summed E-state index contributed by atoms with van der Waals surface area (Å²) in [5, 5.41) is 16.2. The third-order valence-electron chi connectivity index (χ3n) is 7.17. The highest BCUT2D eigenvalue weighted by molar-refractivity contribution is 7.99. The van der Waals surface area contributed by atoms with Crippen molar-refractivity contribution in [1.29, 1.82) is 0 Å². The minimum absolute atomic E-state index is 0.00832. The minimum atomic E-state index is -0.619. The molecule has 0 aliphatic carbocycles. The fourth-order valence-corrected chi connectivity index (χ4v) is 5.89. The summed E-state index contributed by atoms with van der Waals surface area (Å²) in [6.07, 6.45) is 5.65. The number of unbranched alkanes of at least 4 members (excludes halogenated alkanes) is 2. The number of hydrogen-bond donors (Lipinski definition) is 3. The number of carbonyl (C=O) groups is 2. The molecule has 4 atom stereocenters. The third-order valence-corrected chi connectivity index (χ3v) is 8.32. The molecule has 220 valence electrons. The zero-order valence-corrected chi connectivity index (χ0v) is 24.7. The second-order valence-corrected chi connectivity index (χ2v) is 11.4. The Kier molecular flexibility index (Phi) is 11.4. The molecule has 1 aromatic heterocycles. The number of benzene rings is 2. The van der Waals surface area contributed by atoms with Crippen LogP contribution >= 0.6 is 11.8 Å². The van der Waals surface area contributed by atoms with Crippen molar-refractivity contribution in [2.45, 2.75) is 69.8 Å². The first kappa shape index (κ1) is 30.8. The minimum Gasteiger partial charge on any atom is -0.392 e. The van der Waals surface area contributed by atoms with Gasteiger partial charge in [-0.15, -0.1) is 0 Å². The Bertz CT molecular complexity index is 1280. The molecule has 1 saturated heterocycles. The van der Waals surface area contributed by atoms with Gasteiger partial charge in [0.05, 0.1) is 18.8 Å². The van der Waals surface area contributed by atoms with Gasteiger partial charge in [0.15, 0.2) is 11.4 Å². The number of nitrogens with one attached hydrogen (secondary N) is 2. The molecule has 2 aromatic carbocycles. The van der Waals surface area contributed by atoms with Gasteiger partial charge in [0.2, 0.25) is 11.8 Å². The van der Waals surface area contributed by atoms with Crippen LogP contribution < -0.4 is 10.6 Å². The molecular weight excluding hydrogens is 540 g/mol. The lowest BCUT2D eigenvalue weighted by Crippen LogP contribution is -2.38. The van der Waals surface area contributed by atoms with Crippen molar-refractivity contribution in [1.82, 2.24) is 14.9 Å². The second-order valence-electron chi connectivity index (χ2n) is 10.4. The molecule has 0 radical (unpaired) electrons. The maximum absolute atomic E-state index is 12.6. The molecule has 4 rings (SSSR count). The fraction of sp³-hybridized carbons (Fsp3) is 0.452. The van der Waals surface area contributed by atoms with Crippen molar-refractivity contribution < 1.29 is 24.2 Å². The van der Waals surface area contributed by atoms with Crippen LogP contribution in [-0.4, -0.2) is 44.9 Å². The van der Waals surface area contributed by atoms with Gasteiger partial charge in [-0.1, -0.05) is 61.5 Å². The van der Waals surface area contributed by atoms with E-state index in [1.807, 2.05) is 66.3 Å². The van der Waals surface area contributed by atoms with E-state index in [0.717, 1.165) is 41.1 Å². The maximum atomic E-state index is 12.6. The lowest BCUT2D eigenvalue weighted by atomic mass is 9.91. The van der Waals surface area contributed by atoms with Gasteiger partial charge < -0.3 is 29.8 Å². The fourth-order valence-electron chi connectivity index (χ4n) is 4.80. The summed E-state index contributed by atoms with van der Waals surface area (Å²) in [4.78, 5) is 28.0. The number of aryl methyl sites for hydroxylation is 1. The van der Waals surface area contributed by atoms with Crippen molar-refractivity contribution in [2.24, 2.45) is 13.0 Å². The number of imidazole rings is 1. The van der Waals surface area contributed by atoms with Crippen LogP contribution in [0.4, 0.5) is 5.69 Å². The van der Waals surface area contributed by atoms with Gasteiger partial charge in [0, 0.05) is 62.3 Å². The molecule has 0 bridgehead atoms. The van der Waals surface area contributed by atoms with Crippen molar-refractivity contribution in [3.8, 4) is 0 Å². The molecule has 1 fully saturated rings. The molecule has 0 unspecified atom stereocenters. The van der Waals surface area contributed by atoms with Gasteiger partial charge in [0.25, 0.3) is 0 Å². The normalized spacial score (nSPS) is 20.5. The van der Waals surface area contributed by atoms with Gasteiger partial charge in [-0.25, -0.2) is 4.98 Å². The summed E-state index contributed by atoms with van der Waals surface area (Å²) < 4.78 is 15.1. The molecule has 2 amide bonds. The van der Waals surface area contributed by atoms with Gasteiger partial charge >= 0.3 is 0 Å². The number of hydrogen-bond acceptors (Lipinski definition) is 7. The molecule has 3 aromatic rings. The van der Waals surface area contributed by atoms with E-state index in [1.54, 1.807) is 18.0 Å². The highest BCUT2D eigenvalue weighted by Crippen LogP contribution is 2.43. The summed E-state index contributed by atoms with van der Waals surface area (Å²) in [5.41, 5.74) is 3.40. The predicted molar refractivity (Wildman–Crippen MR) is 159 cm³/mol. The third kappa shape index (κ3) is 8.90. The number of aliphatic hydroxyl groups is 1. The Morgan fingerprint density at radius 3 is 2.59 bits per heavy atom. The molecule has 1 aliphatic heterocycles. The molecule has 10 heteroatoms. The average Bonchev–Trinajstić information content (AvgIpc) is 3.38. The first-order valence-corrected chi connectivity index (χ1v) is 15.1. The Morgan fingerprint density at radius 1 is 1.07 bits per heavy atom. The van der Waals surface area contributed by atoms with Crippen LogP contribution in [0.1, 0.15) is 68.6 Å². The second kappa shape index (κ2) is 15.2. The van der Waals surface area contributed by atoms with Crippen LogP contribution in [0.2, 0.25) is 0 Å². The molecule has 0 saturated carbocycles. The van der Waals surface area contributed by atoms with Gasteiger partial charge in [-0.05, 0) is 36.1 Å². The van der Waals surface area contributed by atoms with Crippen LogP contribution in [0.3, 0.4) is 0 Å². The summed E-state index contributed by atoms with van der Waals surface area (Å²) in [5.74, 6) is 0.682. The monoisotopic (exact) mass is 580 g/mol. The summed E-state index contributed by atoms with van der Waals surface area (Å²) in [6, 6.07) is 15.5. The van der Waals surface area contributed by atoms with Crippen molar-refractivity contribution in [2.75, 3.05) is 17.6 Å². The van der Waals surface area contributed by atoms with E-state index in [4.69, 9.17) is 9.47 Å². The number of amides is 2. The van der Waals surface area contributed by atoms with Crippen LogP contribution in [0.25, 0.3) is 0 Å². The van der Waals surface area contributed by atoms with Crippen LogP contribution in [-0.2, 0) is 32.7 Å². The van der Waals surface area contributed by atoms with Gasteiger partial charge in [-0.2, -0.15) is 0 Å². The number of nitrogens with zero attached hydrogens (tertiary/aromatic N) is 2. The van der Waals surface area contributed by atoms with Crippen molar-refractivity contribution in [3.05, 3.63) is 77.6 Å². The number of carbonyl (C=O) groups excluding carboxylic acids is 2. The number of aliphatic hydroxyl groups excluding tert-OH is 1. The predicted octanol–water partition coefficient (Wildman–Crippen LogP) is 5.13. The number of rotatable bonds is 13. The number of ether oxygens (including phenoxy) is 2. The van der Waals surface area contributed by atoms with E-state index in [9.17, 15) is 14.7 Å². The zero-order chi connectivity index (χ0) is 29.2. The summed E-state index contributed by atoms with van der Waals surface area (Å²) in [6.45, 7) is 4.26. The number of anilines is 1. The maximum Gasteiger partial charge on any atom is 0.224 e. The topological polar surface area (TPSA) is 115 Å². The molecule has 0 spiro atoms. The lowest BCUT2D eigenvalue weighted by Gasteiger charge is -2.41. The van der Waals surface area contributed by atoms with Gasteiger partial charge in [-0.3, -0.25) is 9.59 Å². The quantitative estimate of drug-likeness (QED) is 0.190. The van der Waals surface area contributed by atoms with Crippen LogP contribution in [0.15, 0.2) is 66.1 Å². The van der Waals surface area contributed by atoms with E-state index >= 15 is 0 Å². The first-order chi connectivity index (χ1) is 19.8. The highest BCUT2D eigenvalue weighted by Gasteiger charge is 2.38. The summed E-state index contributed by atoms with van der Waals surface area (Å²) in [7, 11) is 1.98. The SMILES string of the molecule is CC(=O)NCCCCCC(=O)Nc1cccc([C@H]2O[C@@H](CSc3nccn3C)[C@@H](C)[C@@H](c3ccc(CO)cc3)O2)c1. The van der Waals surface area contributed by atoms with E-state index in [2.05, 4.69) is 22.5 Å². The number of aromatic nitrogens is 2. The Balaban J connectivity index is 1.43. The molecule has 41 heavy (non-hydrogen) atoms. The summed E-state index contributed by atoms with van der Waals surface area (Å²) >= 11 is 1.65. The number of thioether (sulfide) groups is 1. The van der Waals surface area contributed by atoms with Crippen LogP contribution in [0, 0.1) is 5.92 Å². The van der Waals surface area contributed by atoms with E-state index in [-0.39, 0.29) is 36.5 Å². The molecule has 2 heterocycles. The van der Waals surface area contributed by atoms with Crippen molar-refractivity contribution >= 4 is 29.3 Å². The molecule has 1 aliphatic rings.